The predicted molar refractivity (Wildman–Crippen MR) is 96.3 cm³/mol. The first-order chi connectivity index (χ1) is 12.1. The molecule has 4 aliphatic carbocycles. The number of hydrogen-bond acceptors (Lipinski definition) is 4. The summed E-state index contributed by atoms with van der Waals surface area (Å²) in [6.45, 7) is 8.49. The summed E-state index contributed by atoms with van der Waals surface area (Å²) >= 11 is 0. The van der Waals surface area contributed by atoms with Crippen LogP contribution >= 0.6 is 0 Å². The van der Waals surface area contributed by atoms with E-state index in [0.717, 1.165) is 32.1 Å². The summed E-state index contributed by atoms with van der Waals surface area (Å²) in [7, 11) is 0. The van der Waals surface area contributed by atoms with E-state index in [4.69, 9.17) is 9.47 Å². The number of fused-ring (bicyclic) bond motifs is 6. The first-order valence-electron chi connectivity index (χ1n) is 10.6. The maximum absolute atomic E-state index is 13.2. The van der Waals surface area contributed by atoms with Gasteiger partial charge in [0, 0.05) is 24.2 Å². The molecule has 144 valence electrons. The lowest BCUT2D eigenvalue weighted by Gasteiger charge is -2.59. The topological polar surface area (TPSA) is 52.6 Å². The average Bonchev–Trinajstić information content (AvgIpc) is 3.00. The van der Waals surface area contributed by atoms with Crippen LogP contribution in [-0.2, 0) is 19.1 Å². The molecular formula is C22H32O4. The molecular weight excluding hydrogens is 328 g/mol. The number of carbonyl (C=O) groups is 2. The van der Waals surface area contributed by atoms with Crippen LogP contribution in [0.25, 0.3) is 0 Å². The molecule has 0 aromatic rings. The van der Waals surface area contributed by atoms with Gasteiger partial charge in [-0.2, -0.15) is 0 Å². The van der Waals surface area contributed by atoms with Gasteiger partial charge in [0.1, 0.15) is 11.6 Å². The van der Waals surface area contributed by atoms with Crippen LogP contribution in [0, 0.1) is 34.5 Å². The summed E-state index contributed by atoms with van der Waals surface area (Å²) in [4.78, 5) is 25.8. The zero-order valence-corrected chi connectivity index (χ0v) is 16.5. The second-order valence-electron chi connectivity index (χ2n) is 10.7. The number of hydrogen-bond donors (Lipinski definition) is 0. The molecule has 5 rings (SSSR count). The summed E-state index contributed by atoms with van der Waals surface area (Å²) in [5.41, 5.74) is -0.172. The lowest BCUT2D eigenvalue weighted by atomic mass is 9.44. The Morgan fingerprint density at radius 1 is 0.962 bits per heavy atom. The van der Waals surface area contributed by atoms with Crippen LogP contribution < -0.4 is 0 Å². The third-order valence-corrected chi connectivity index (χ3v) is 9.01. The molecule has 1 saturated heterocycles. The fourth-order valence-electron chi connectivity index (χ4n) is 7.80. The first kappa shape index (κ1) is 17.4. The van der Waals surface area contributed by atoms with Crippen LogP contribution in [0.2, 0.25) is 0 Å². The van der Waals surface area contributed by atoms with Gasteiger partial charge >= 0.3 is 0 Å². The third-order valence-electron chi connectivity index (χ3n) is 9.01. The van der Waals surface area contributed by atoms with Crippen molar-refractivity contribution >= 4 is 11.6 Å². The van der Waals surface area contributed by atoms with Crippen molar-refractivity contribution in [3.05, 3.63) is 0 Å². The van der Waals surface area contributed by atoms with E-state index in [1.165, 1.54) is 0 Å². The highest BCUT2D eigenvalue weighted by Gasteiger charge is 2.64. The molecule has 0 aromatic heterocycles. The Labute approximate surface area is 156 Å². The highest BCUT2D eigenvalue weighted by atomic mass is 16.7. The van der Waals surface area contributed by atoms with Crippen molar-refractivity contribution in [2.45, 2.75) is 90.6 Å². The summed E-state index contributed by atoms with van der Waals surface area (Å²) in [6, 6.07) is 0. The van der Waals surface area contributed by atoms with Gasteiger partial charge in [0.05, 0.1) is 12.2 Å². The van der Waals surface area contributed by atoms with Crippen LogP contribution in [0.5, 0.6) is 0 Å². The normalized spacial score (nSPS) is 55.1. The van der Waals surface area contributed by atoms with Crippen molar-refractivity contribution in [1.82, 2.24) is 0 Å². The van der Waals surface area contributed by atoms with E-state index in [1.807, 2.05) is 13.8 Å². The smallest absolute Gasteiger partial charge is 0.163 e. The highest BCUT2D eigenvalue weighted by Crippen LogP contribution is 2.65. The Balaban J connectivity index is 1.48. The van der Waals surface area contributed by atoms with Gasteiger partial charge in [0.25, 0.3) is 0 Å². The van der Waals surface area contributed by atoms with Gasteiger partial charge in [0.2, 0.25) is 0 Å². The SMILES string of the molecule is CC1(C)O[C@H]2C[C@@]3(C)[C@H](C[C@H]2O1)C(=O)C[C@@H]1[C@@H]3CC[C@]2(C)C(=O)CC[C@@H]12. The maximum atomic E-state index is 13.2. The molecule has 1 aliphatic heterocycles. The van der Waals surface area contributed by atoms with Gasteiger partial charge in [0.15, 0.2) is 5.79 Å². The molecule has 26 heavy (non-hydrogen) atoms. The molecule has 0 spiro atoms. The minimum atomic E-state index is -0.537. The Morgan fingerprint density at radius 3 is 2.46 bits per heavy atom. The van der Waals surface area contributed by atoms with Gasteiger partial charge in [-0.15, -0.1) is 0 Å². The van der Waals surface area contributed by atoms with Crippen LogP contribution in [0.1, 0.15) is 72.6 Å². The number of ketones is 2. The highest BCUT2D eigenvalue weighted by molar-refractivity contribution is 5.88. The summed E-state index contributed by atoms with van der Waals surface area (Å²) in [5, 5.41) is 0. The molecule has 5 aliphatic rings. The fraction of sp³-hybridized carbons (Fsp3) is 0.909. The molecule has 0 radical (unpaired) electrons. The molecule has 0 aromatic carbocycles. The number of Topliss-reactive ketones (excluding diaryl/α,β-unsaturated/α-hetero) is 2. The zero-order valence-electron chi connectivity index (χ0n) is 16.5. The van der Waals surface area contributed by atoms with E-state index < -0.39 is 5.79 Å². The largest absolute Gasteiger partial charge is 0.345 e. The molecule has 0 unspecified atom stereocenters. The van der Waals surface area contributed by atoms with Gasteiger partial charge in [-0.1, -0.05) is 13.8 Å². The van der Waals surface area contributed by atoms with E-state index >= 15 is 0 Å². The lowest BCUT2D eigenvalue weighted by Crippen LogP contribution is -2.59. The summed E-state index contributed by atoms with van der Waals surface area (Å²) in [5.74, 6) is 1.77. The Morgan fingerprint density at radius 2 is 1.69 bits per heavy atom. The summed E-state index contributed by atoms with van der Waals surface area (Å²) < 4.78 is 12.3. The molecule has 4 heteroatoms. The average molecular weight is 360 g/mol. The minimum Gasteiger partial charge on any atom is -0.345 e. The van der Waals surface area contributed by atoms with Gasteiger partial charge in [-0.05, 0) is 69.1 Å². The molecule has 0 bridgehead atoms. The van der Waals surface area contributed by atoms with Crippen LogP contribution in [-0.4, -0.2) is 29.6 Å². The Kier molecular flexibility index (Phi) is 3.47. The molecule has 5 fully saturated rings. The number of carbonyl (C=O) groups excluding carboxylic acids is 2. The van der Waals surface area contributed by atoms with Crippen LogP contribution in [0.15, 0.2) is 0 Å². The zero-order chi connectivity index (χ0) is 18.5. The monoisotopic (exact) mass is 360 g/mol. The first-order valence-corrected chi connectivity index (χ1v) is 10.6. The van der Waals surface area contributed by atoms with Crippen molar-refractivity contribution in [2.24, 2.45) is 34.5 Å². The van der Waals surface area contributed by atoms with Crippen molar-refractivity contribution in [3.63, 3.8) is 0 Å². The van der Waals surface area contributed by atoms with E-state index in [-0.39, 0.29) is 29.0 Å². The Hall–Kier alpha value is -0.740. The number of rotatable bonds is 0. The standard InChI is InChI=1S/C22H32O4/c1-20(2)25-17-10-15-16(23)9-12-13-5-6-19(24)21(13,3)8-7-14(12)22(15,4)11-18(17)26-20/h12-15,17-18H,5-11H2,1-4H3/t12-,13-,14-,15+,17+,18-,21-,22+/m0/s1. The van der Waals surface area contributed by atoms with Gasteiger partial charge < -0.3 is 9.47 Å². The predicted octanol–water partition coefficient (Wildman–Crippen LogP) is 3.91. The lowest BCUT2D eigenvalue weighted by molar-refractivity contribution is -0.164. The second-order valence-corrected chi connectivity index (χ2v) is 10.7. The second kappa shape index (κ2) is 5.20. The van der Waals surface area contributed by atoms with E-state index in [1.54, 1.807) is 0 Å². The van der Waals surface area contributed by atoms with Crippen molar-refractivity contribution in [3.8, 4) is 0 Å². The quantitative estimate of drug-likeness (QED) is 0.657. The molecule has 8 atom stereocenters. The third kappa shape index (κ3) is 2.15. The van der Waals surface area contributed by atoms with E-state index in [0.29, 0.717) is 42.2 Å². The van der Waals surface area contributed by atoms with Gasteiger partial charge in [-0.3, -0.25) is 9.59 Å². The van der Waals surface area contributed by atoms with Crippen LogP contribution in [0.3, 0.4) is 0 Å². The summed E-state index contributed by atoms with van der Waals surface area (Å²) in [6.07, 6.45) is 6.39. The van der Waals surface area contributed by atoms with Crippen molar-refractivity contribution in [1.29, 1.82) is 0 Å². The maximum Gasteiger partial charge on any atom is 0.163 e. The van der Waals surface area contributed by atoms with Crippen molar-refractivity contribution < 1.29 is 19.1 Å². The van der Waals surface area contributed by atoms with Crippen LogP contribution in [0.4, 0.5) is 0 Å². The number of ether oxygens (including phenoxy) is 2. The van der Waals surface area contributed by atoms with E-state index in [9.17, 15) is 9.59 Å². The molecule has 0 amide bonds. The minimum absolute atomic E-state index is 0.00207. The molecule has 0 N–H and O–H groups in total. The fourth-order valence-corrected chi connectivity index (χ4v) is 7.80. The van der Waals surface area contributed by atoms with Gasteiger partial charge in [-0.25, -0.2) is 0 Å². The van der Waals surface area contributed by atoms with Crippen molar-refractivity contribution in [2.75, 3.05) is 0 Å². The van der Waals surface area contributed by atoms with E-state index in [2.05, 4.69) is 13.8 Å². The Bertz CT molecular complexity index is 669. The molecule has 4 nitrogen and oxygen atoms in total. The molecule has 4 saturated carbocycles. The molecule has 1 heterocycles.